The van der Waals surface area contributed by atoms with Crippen LogP contribution in [0.3, 0.4) is 0 Å². The maximum absolute atomic E-state index is 8.82. The highest BCUT2D eigenvalue weighted by Gasteiger charge is 2.05. The van der Waals surface area contributed by atoms with Gasteiger partial charge in [-0.05, 0) is 6.07 Å². The molecule has 0 fully saturated rings. The molecule has 2 heterocycles. The van der Waals surface area contributed by atoms with Crippen molar-refractivity contribution in [2.45, 2.75) is 6.42 Å². The van der Waals surface area contributed by atoms with Crippen LogP contribution < -0.4 is 11.1 Å². The number of nitrogens with two attached hydrogens (primary N) is 1. The number of imidazole rings is 1. The number of nitrogens with one attached hydrogen (secondary N) is 2. The van der Waals surface area contributed by atoms with E-state index < -0.39 is 0 Å². The van der Waals surface area contributed by atoms with Gasteiger partial charge in [-0.2, -0.15) is 5.26 Å². The van der Waals surface area contributed by atoms with Crippen LogP contribution in [0.4, 0.5) is 11.5 Å². The Morgan fingerprint density at radius 2 is 2.29 bits per heavy atom. The molecule has 0 aliphatic carbocycles. The number of hydrogen-bond acceptors (Lipinski definition) is 5. The SMILES string of the molecule is N#Cc1ccnc(NCCc2ncc[nH]2)c1N. The highest BCUT2D eigenvalue weighted by atomic mass is 15.0. The summed E-state index contributed by atoms with van der Waals surface area (Å²) in [6.07, 6.45) is 5.78. The summed E-state index contributed by atoms with van der Waals surface area (Å²) in [6.45, 7) is 0.652. The number of aromatic nitrogens is 3. The maximum Gasteiger partial charge on any atom is 0.150 e. The zero-order valence-electron chi connectivity index (χ0n) is 9.14. The van der Waals surface area contributed by atoms with E-state index in [9.17, 15) is 0 Å². The fourth-order valence-electron chi connectivity index (χ4n) is 1.45. The van der Waals surface area contributed by atoms with Gasteiger partial charge >= 0.3 is 0 Å². The van der Waals surface area contributed by atoms with E-state index in [1.165, 1.54) is 0 Å². The molecule has 0 aliphatic rings. The summed E-state index contributed by atoms with van der Waals surface area (Å²) >= 11 is 0. The second-order valence-electron chi connectivity index (χ2n) is 3.45. The molecule has 0 spiro atoms. The molecular weight excluding hydrogens is 216 g/mol. The molecule has 0 bridgehead atoms. The van der Waals surface area contributed by atoms with Crippen molar-refractivity contribution in [2.75, 3.05) is 17.6 Å². The third-order valence-electron chi connectivity index (χ3n) is 2.32. The smallest absolute Gasteiger partial charge is 0.150 e. The summed E-state index contributed by atoms with van der Waals surface area (Å²) < 4.78 is 0. The fraction of sp³-hybridized carbons (Fsp3) is 0.182. The van der Waals surface area contributed by atoms with Crippen molar-refractivity contribution in [1.29, 1.82) is 5.26 Å². The first-order chi connectivity index (χ1) is 8.31. The van der Waals surface area contributed by atoms with E-state index in [2.05, 4.69) is 20.3 Å². The predicted molar refractivity (Wildman–Crippen MR) is 64.1 cm³/mol. The molecule has 0 aliphatic heterocycles. The van der Waals surface area contributed by atoms with Crippen LogP contribution in [-0.2, 0) is 6.42 Å². The topological polar surface area (TPSA) is 103 Å². The van der Waals surface area contributed by atoms with Crippen LogP contribution in [0.25, 0.3) is 0 Å². The molecule has 2 rings (SSSR count). The highest BCUT2D eigenvalue weighted by Crippen LogP contribution is 2.18. The quantitative estimate of drug-likeness (QED) is 0.721. The van der Waals surface area contributed by atoms with E-state index in [0.29, 0.717) is 23.6 Å². The average molecular weight is 228 g/mol. The van der Waals surface area contributed by atoms with Gasteiger partial charge in [0.25, 0.3) is 0 Å². The van der Waals surface area contributed by atoms with Crippen molar-refractivity contribution in [3.05, 3.63) is 36.0 Å². The summed E-state index contributed by atoms with van der Waals surface area (Å²) in [6, 6.07) is 3.61. The van der Waals surface area contributed by atoms with Gasteiger partial charge in [0.2, 0.25) is 0 Å². The molecular formula is C11H12N6. The third-order valence-corrected chi connectivity index (χ3v) is 2.32. The van der Waals surface area contributed by atoms with Crippen molar-refractivity contribution in [3.8, 4) is 6.07 Å². The molecule has 0 amide bonds. The lowest BCUT2D eigenvalue weighted by atomic mass is 10.2. The van der Waals surface area contributed by atoms with Gasteiger partial charge in [-0.1, -0.05) is 0 Å². The van der Waals surface area contributed by atoms with Gasteiger partial charge in [0.15, 0.2) is 5.82 Å². The molecule has 0 radical (unpaired) electrons. The Hall–Kier alpha value is -2.55. The molecule has 6 heteroatoms. The summed E-state index contributed by atoms with van der Waals surface area (Å²) in [4.78, 5) is 11.2. The molecule has 0 saturated carbocycles. The number of aromatic amines is 1. The predicted octanol–water partition coefficient (Wildman–Crippen LogP) is 0.913. The van der Waals surface area contributed by atoms with Crippen molar-refractivity contribution in [2.24, 2.45) is 0 Å². The Morgan fingerprint density at radius 1 is 1.41 bits per heavy atom. The van der Waals surface area contributed by atoms with Crippen LogP contribution in [0.1, 0.15) is 11.4 Å². The molecule has 0 aromatic carbocycles. The van der Waals surface area contributed by atoms with Crippen LogP contribution in [0.2, 0.25) is 0 Å². The number of pyridine rings is 1. The normalized spacial score (nSPS) is 9.82. The summed E-state index contributed by atoms with van der Waals surface area (Å²) in [5.74, 6) is 1.43. The minimum absolute atomic E-state index is 0.384. The van der Waals surface area contributed by atoms with E-state index in [1.54, 1.807) is 24.7 Å². The maximum atomic E-state index is 8.82. The Morgan fingerprint density at radius 3 is 3.00 bits per heavy atom. The number of anilines is 2. The van der Waals surface area contributed by atoms with Crippen LogP contribution in [0.15, 0.2) is 24.7 Å². The van der Waals surface area contributed by atoms with Gasteiger partial charge in [0.1, 0.15) is 11.9 Å². The molecule has 0 atom stereocenters. The first kappa shape index (κ1) is 11.0. The minimum Gasteiger partial charge on any atom is -0.395 e. The van der Waals surface area contributed by atoms with Gasteiger partial charge in [-0.15, -0.1) is 0 Å². The molecule has 4 N–H and O–H groups in total. The standard InChI is InChI=1S/C11H12N6/c12-7-8-1-3-16-11(10(8)13)17-4-2-9-14-5-6-15-9/h1,3,5-6H,2,4,13H2,(H,14,15)(H,16,17). The Labute approximate surface area is 98.5 Å². The van der Waals surface area contributed by atoms with E-state index in [1.807, 2.05) is 6.07 Å². The first-order valence-corrected chi connectivity index (χ1v) is 5.18. The average Bonchev–Trinajstić information content (AvgIpc) is 2.84. The number of nitrogen functional groups attached to an aromatic ring is 1. The number of hydrogen-bond donors (Lipinski definition) is 3. The van der Waals surface area contributed by atoms with Gasteiger partial charge in [0.05, 0.1) is 11.3 Å². The molecule has 2 aromatic rings. The molecule has 86 valence electrons. The molecule has 0 unspecified atom stereocenters. The van der Waals surface area contributed by atoms with Gasteiger partial charge in [-0.25, -0.2) is 9.97 Å². The van der Waals surface area contributed by atoms with Crippen molar-refractivity contribution < 1.29 is 0 Å². The van der Waals surface area contributed by atoms with E-state index in [0.717, 1.165) is 12.2 Å². The van der Waals surface area contributed by atoms with Crippen molar-refractivity contribution in [1.82, 2.24) is 15.0 Å². The Balaban J connectivity index is 1.98. The third kappa shape index (κ3) is 2.52. The number of H-pyrrole nitrogens is 1. The van der Waals surface area contributed by atoms with E-state index in [-0.39, 0.29) is 0 Å². The zero-order valence-corrected chi connectivity index (χ0v) is 9.14. The lowest BCUT2D eigenvalue weighted by molar-refractivity contribution is 0.922. The van der Waals surface area contributed by atoms with Crippen LogP contribution >= 0.6 is 0 Å². The largest absolute Gasteiger partial charge is 0.395 e. The minimum atomic E-state index is 0.384. The van der Waals surface area contributed by atoms with Crippen LogP contribution in [0, 0.1) is 11.3 Å². The van der Waals surface area contributed by atoms with E-state index in [4.69, 9.17) is 11.0 Å². The van der Waals surface area contributed by atoms with E-state index >= 15 is 0 Å². The summed E-state index contributed by atoms with van der Waals surface area (Å²) in [5, 5.41) is 11.9. The number of nitrogens with zero attached hydrogens (tertiary/aromatic N) is 3. The lowest BCUT2D eigenvalue weighted by Gasteiger charge is -2.07. The monoisotopic (exact) mass is 228 g/mol. The molecule has 0 saturated heterocycles. The Kier molecular flexibility index (Phi) is 3.21. The Bertz CT molecular complexity index is 525. The lowest BCUT2D eigenvalue weighted by Crippen LogP contribution is -2.10. The van der Waals surface area contributed by atoms with Crippen LogP contribution in [0.5, 0.6) is 0 Å². The summed E-state index contributed by atoms with van der Waals surface area (Å²) in [7, 11) is 0. The van der Waals surface area contributed by atoms with Gasteiger partial charge in [0, 0.05) is 31.6 Å². The van der Waals surface area contributed by atoms with Crippen molar-refractivity contribution >= 4 is 11.5 Å². The number of nitriles is 1. The first-order valence-electron chi connectivity index (χ1n) is 5.18. The van der Waals surface area contributed by atoms with Crippen LogP contribution in [-0.4, -0.2) is 21.5 Å². The fourth-order valence-corrected chi connectivity index (χ4v) is 1.45. The van der Waals surface area contributed by atoms with Crippen molar-refractivity contribution in [3.63, 3.8) is 0 Å². The van der Waals surface area contributed by atoms with Gasteiger partial charge < -0.3 is 16.0 Å². The van der Waals surface area contributed by atoms with Gasteiger partial charge in [-0.3, -0.25) is 0 Å². The second kappa shape index (κ2) is 4.99. The second-order valence-corrected chi connectivity index (χ2v) is 3.45. The highest BCUT2D eigenvalue weighted by molar-refractivity contribution is 5.68. The molecule has 17 heavy (non-hydrogen) atoms. The molecule has 6 nitrogen and oxygen atoms in total. The summed E-state index contributed by atoms with van der Waals surface area (Å²) in [5.41, 5.74) is 6.60. The zero-order chi connectivity index (χ0) is 12.1. The number of rotatable bonds is 4. The molecule has 2 aromatic heterocycles.